The molecule has 0 aromatic rings. The van der Waals surface area contributed by atoms with Crippen LogP contribution in [0.15, 0.2) is 10.9 Å². The molecule has 0 saturated carbocycles. The third-order valence-corrected chi connectivity index (χ3v) is 9.55. The zero-order valence-electron chi connectivity index (χ0n) is 17.7. The zero-order chi connectivity index (χ0) is 18.0. The summed E-state index contributed by atoms with van der Waals surface area (Å²) in [4.78, 5) is 0. The SMILES string of the molecule is CCP1CC(C)C(C)CC(C)CC(C)(C)CC(C)(C)C(C)=C1C. The summed E-state index contributed by atoms with van der Waals surface area (Å²) in [6.07, 6.45) is 6.86. The van der Waals surface area contributed by atoms with Gasteiger partial charge < -0.3 is 0 Å². The van der Waals surface area contributed by atoms with E-state index in [1.807, 2.05) is 0 Å². The molecule has 0 saturated heterocycles. The average molecular weight is 339 g/mol. The summed E-state index contributed by atoms with van der Waals surface area (Å²) < 4.78 is 0. The number of hydrogen-bond acceptors (Lipinski definition) is 0. The molecule has 23 heavy (non-hydrogen) atoms. The standard InChI is InChI=1S/C22H43P/c1-11-23-14-18(4)17(3)12-16(2)13-21(7,8)15-22(9,10)19(5)20(23)6/h16-18H,11-15H2,1-10H3. The predicted molar refractivity (Wildman–Crippen MR) is 110 cm³/mol. The highest BCUT2D eigenvalue weighted by atomic mass is 31.1. The van der Waals surface area contributed by atoms with Gasteiger partial charge in [-0.25, -0.2) is 0 Å². The van der Waals surface area contributed by atoms with Crippen molar-refractivity contribution >= 4 is 7.92 Å². The Kier molecular flexibility index (Phi) is 7.41. The predicted octanol–water partition coefficient (Wildman–Crippen LogP) is 7.93. The molecule has 0 fully saturated rings. The summed E-state index contributed by atoms with van der Waals surface area (Å²) in [6.45, 7) is 24.7. The van der Waals surface area contributed by atoms with E-state index in [4.69, 9.17) is 0 Å². The Labute approximate surface area is 148 Å². The Morgan fingerprint density at radius 1 is 1.00 bits per heavy atom. The minimum Gasteiger partial charge on any atom is -0.0801 e. The maximum absolute atomic E-state index is 2.51. The van der Waals surface area contributed by atoms with Gasteiger partial charge in [0.15, 0.2) is 0 Å². The summed E-state index contributed by atoms with van der Waals surface area (Å²) in [7, 11) is 0.0470. The van der Waals surface area contributed by atoms with Crippen LogP contribution in [-0.2, 0) is 0 Å². The van der Waals surface area contributed by atoms with Crippen molar-refractivity contribution in [1.82, 2.24) is 0 Å². The first-order valence-corrected chi connectivity index (χ1v) is 11.5. The van der Waals surface area contributed by atoms with Crippen molar-refractivity contribution in [1.29, 1.82) is 0 Å². The fourth-order valence-corrected chi connectivity index (χ4v) is 7.89. The van der Waals surface area contributed by atoms with Gasteiger partial charge in [-0.05, 0) is 79.3 Å². The van der Waals surface area contributed by atoms with Gasteiger partial charge in [0, 0.05) is 0 Å². The van der Waals surface area contributed by atoms with E-state index in [1.54, 1.807) is 10.9 Å². The normalized spacial score (nSPS) is 36.3. The Morgan fingerprint density at radius 3 is 2.09 bits per heavy atom. The fraction of sp³-hybridized carbons (Fsp3) is 0.909. The van der Waals surface area contributed by atoms with Gasteiger partial charge in [-0.3, -0.25) is 0 Å². The van der Waals surface area contributed by atoms with Crippen molar-refractivity contribution < 1.29 is 0 Å². The molecule has 1 rings (SSSR count). The van der Waals surface area contributed by atoms with E-state index in [0.29, 0.717) is 10.8 Å². The van der Waals surface area contributed by atoms with Crippen LogP contribution in [0.25, 0.3) is 0 Å². The lowest BCUT2D eigenvalue weighted by molar-refractivity contribution is 0.169. The van der Waals surface area contributed by atoms with Gasteiger partial charge in [-0.15, -0.1) is 0 Å². The van der Waals surface area contributed by atoms with Crippen LogP contribution in [0.4, 0.5) is 0 Å². The van der Waals surface area contributed by atoms with E-state index >= 15 is 0 Å². The van der Waals surface area contributed by atoms with Crippen LogP contribution in [-0.4, -0.2) is 12.3 Å². The molecule has 0 aliphatic carbocycles. The quantitative estimate of drug-likeness (QED) is 0.426. The summed E-state index contributed by atoms with van der Waals surface area (Å²) in [5.74, 6) is 2.56. The molecule has 4 unspecified atom stereocenters. The highest BCUT2D eigenvalue weighted by Crippen LogP contribution is 2.53. The van der Waals surface area contributed by atoms with Gasteiger partial charge in [0.05, 0.1) is 0 Å². The molecule has 0 aromatic carbocycles. The third kappa shape index (κ3) is 5.88. The summed E-state index contributed by atoms with van der Waals surface area (Å²) >= 11 is 0. The molecule has 0 aromatic heterocycles. The molecule has 136 valence electrons. The highest BCUT2D eigenvalue weighted by molar-refractivity contribution is 7.62. The van der Waals surface area contributed by atoms with E-state index in [2.05, 4.69) is 69.2 Å². The van der Waals surface area contributed by atoms with Crippen LogP contribution in [0.5, 0.6) is 0 Å². The van der Waals surface area contributed by atoms with Gasteiger partial charge in [0.2, 0.25) is 0 Å². The second-order valence-corrected chi connectivity index (χ2v) is 12.7. The monoisotopic (exact) mass is 338 g/mol. The lowest BCUT2D eigenvalue weighted by Gasteiger charge is -2.41. The first-order chi connectivity index (χ1) is 10.4. The van der Waals surface area contributed by atoms with Crippen LogP contribution >= 0.6 is 7.92 Å². The van der Waals surface area contributed by atoms with Crippen LogP contribution in [0.3, 0.4) is 0 Å². The zero-order valence-corrected chi connectivity index (χ0v) is 18.6. The summed E-state index contributed by atoms with van der Waals surface area (Å²) in [5.41, 5.74) is 2.45. The van der Waals surface area contributed by atoms with Crippen molar-refractivity contribution in [3.8, 4) is 0 Å². The van der Waals surface area contributed by atoms with E-state index in [0.717, 1.165) is 17.8 Å². The Hall–Kier alpha value is 0.170. The highest BCUT2D eigenvalue weighted by Gasteiger charge is 2.34. The molecule has 0 nitrogen and oxygen atoms in total. The van der Waals surface area contributed by atoms with Crippen molar-refractivity contribution in [2.45, 2.75) is 88.5 Å². The average Bonchev–Trinajstić information content (AvgIpc) is 2.39. The molecule has 0 spiro atoms. The minimum atomic E-state index is 0.0470. The van der Waals surface area contributed by atoms with Crippen molar-refractivity contribution in [3.63, 3.8) is 0 Å². The molecule has 0 N–H and O–H groups in total. The molecule has 1 heterocycles. The molecule has 1 aliphatic heterocycles. The second-order valence-electron chi connectivity index (χ2n) is 9.97. The lowest BCUT2D eigenvalue weighted by atomic mass is 9.67. The lowest BCUT2D eigenvalue weighted by Crippen LogP contribution is -2.28. The van der Waals surface area contributed by atoms with E-state index < -0.39 is 0 Å². The van der Waals surface area contributed by atoms with E-state index in [1.165, 1.54) is 31.6 Å². The van der Waals surface area contributed by atoms with Gasteiger partial charge in [0.25, 0.3) is 0 Å². The van der Waals surface area contributed by atoms with Gasteiger partial charge in [-0.2, -0.15) is 0 Å². The van der Waals surface area contributed by atoms with E-state index in [-0.39, 0.29) is 7.92 Å². The van der Waals surface area contributed by atoms with E-state index in [9.17, 15) is 0 Å². The number of allylic oxidation sites excluding steroid dienone is 2. The molecular formula is C22H43P. The number of rotatable bonds is 1. The summed E-state index contributed by atoms with van der Waals surface area (Å²) in [6, 6.07) is 0. The Morgan fingerprint density at radius 2 is 1.57 bits per heavy atom. The largest absolute Gasteiger partial charge is 0.0801 e. The Balaban J connectivity index is 3.26. The molecule has 0 amide bonds. The van der Waals surface area contributed by atoms with Crippen LogP contribution < -0.4 is 0 Å². The first kappa shape index (κ1) is 21.2. The summed E-state index contributed by atoms with van der Waals surface area (Å²) in [5, 5.41) is 1.75. The third-order valence-electron chi connectivity index (χ3n) is 6.49. The van der Waals surface area contributed by atoms with Crippen LogP contribution in [0.1, 0.15) is 88.5 Å². The van der Waals surface area contributed by atoms with Crippen molar-refractivity contribution in [3.05, 3.63) is 10.9 Å². The Bertz CT molecular complexity index is 416. The van der Waals surface area contributed by atoms with Crippen molar-refractivity contribution in [2.75, 3.05) is 12.3 Å². The molecule has 0 radical (unpaired) electrons. The molecule has 1 aliphatic rings. The molecule has 1 heteroatoms. The van der Waals surface area contributed by atoms with Gasteiger partial charge in [-0.1, -0.05) is 68.9 Å². The molecule has 4 atom stereocenters. The first-order valence-electron chi connectivity index (χ1n) is 9.82. The van der Waals surface area contributed by atoms with Gasteiger partial charge >= 0.3 is 0 Å². The van der Waals surface area contributed by atoms with Crippen molar-refractivity contribution in [2.24, 2.45) is 28.6 Å². The molecule has 0 bridgehead atoms. The minimum absolute atomic E-state index is 0.0470. The topological polar surface area (TPSA) is 0 Å². The van der Waals surface area contributed by atoms with Crippen LogP contribution in [0, 0.1) is 28.6 Å². The fourth-order valence-electron chi connectivity index (χ4n) is 5.05. The molecular weight excluding hydrogens is 295 g/mol. The second kappa shape index (κ2) is 8.03. The maximum atomic E-state index is 2.51. The van der Waals surface area contributed by atoms with Crippen LogP contribution in [0.2, 0.25) is 0 Å². The maximum Gasteiger partial charge on any atom is -0.0136 e. The number of hydrogen-bond donors (Lipinski definition) is 0. The smallest absolute Gasteiger partial charge is 0.0136 e. The van der Waals surface area contributed by atoms with Gasteiger partial charge in [0.1, 0.15) is 0 Å².